The van der Waals surface area contributed by atoms with Crippen molar-refractivity contribution in [2.24, 2.45) is 0 Å². The Balaban J connectivity index is 2.96. The molecule has 2 N–H and O–H groups in total. The van der Waals surface area contributed by atoms with Crippen LogP contribution in [0, 0.1) is 5.82 Å². The molecule has 2 nitrogen and oxygen atoms in total. The summed E-state index contributed by atoms with van der Waals surface area (Å²) in [7, 11) is 0. The molecule has 0 aromatic carbocycles. The van der Waals surface area contributed by atoms with Crippen molar-refractivity contribution < 1.29 is 9.37 Å². The highest BCUT2D eigenvalue weighted by molar-refractivity contribution is 9.10. The van der Waals surface area contributed by atoms with Crippen molar-refractivity contribution in [1.82, 2.24) is 4.98 Å². The fourth-order valence-electron chi connectivity index (χ4n) is 1.05. The first-order valence-corrected chi connectivity index (χ1v) is 4.39. The molecule has 5 heteroatoms. The van der Waals surface area contributed by atoms with Crippen molar-refractivity contribution in [3.05, 3.63) is 27.7 Å². The molecule has 0 aliphatic heterocycles. The fraction of sp³-hybridized carbons (Fsp3) is 0. The molecule has 2 heterocycles. The molecule has 0 bridgehead atoms. The van der Waals surface area contributed by atoms with Gasteiger partial charge in [-0.3, -0.25) is 0 Å². The van der Waals surface area contributed by atoms with Crippen LogP contribution in [-0.2, 0) is 0 Å². The maximum atomic E-state index is 12.9. The minimum absolute atomic E-state index is 0.122. The van der Waals surface area contributed by atoms with Crippen LogP contribution in [0.5, 0.6) is 0 Å². The summed E-state index contributed by atoms with van der Waals surface area (Å²) in [4.78, 5) is 5.64. The van der Waals surface area contributed by atoms with Gasteiger partial charge in [-0.05, 0) is 15.9 Å². The molecule has 0 unspecified atom stereocenters. The van der Waals surface area contributed by atoms with Gasteiger partial charge in [-0.1, -0.05) is 11.6 Å². The summed E-state index contributed by atoms with van der Waals surface area (Å²) in [5.41, 5.74) is 0.702. The summed E-state index contributed by atoms with van der Waals surface area (Å²) < 4.78 is 13.7. The minimum atomic E-state index is -0.454. The molecule has 0 radical (unpaired) electrons. The van der Waals surface area contributed by atoms with E-state index in [1.165, 1.54) is 6.20 Å². The van der Waals surface area contributed by atoms with Crippen LogP contribution in [0.4, 0.5) is 4.39 Å². The maximum Gasteiger partial charge on any atom is 0.287 e. The van der Waals surface area contributed by atoms with Crippen LogP contribution in [-0.4, -0.2) is 4.98 Å². The van der Waals surface area contributed by atoms with Crippen LogP contribution < -0.4 is 4.98 Å². The highest BCUT2D eigenvalue weighted by Crippen LogP contribution is 2.29. The van der Waals surface area contributed by atoms with E-state index in [0.29, 0.717) is 11.0 Å². The van der Waals surface area contributed by atoms with Crippen LogP contribution in [0.1, 0.15) is 0 Å². The van der Waals surface area contributed by atoms with Crippen molar-refractivity contribution in [3.63, 3.8) is 0 Å². The Hall–Kier alpha value is -0.610. The predicted molar refractivity (Wildman–Crippen MR) is 47.5 cm³/mol. The van der Waals surface area contributed by atoms with E-state index in [1.54, 1.807) is 6.20 Å². The van der Waals surface area contributed by atoms with E-state index in [4.69, 9.17) is 11.6 Å². The van der Waals surface area contributed by atoms with Crippen molar-refractivity contribution in [1.29, 1.82) is 0 Å². The molecular formula is C7H4BrClFN2+. The number of aromatic amines is 2. The van der Waals surface area contributed by atoms with Gasteiger partial charge >= 0.3 is 0 Å². The number of H-pyrrole nitrogens is 2. The Labute approximate surface area is 80.9 Å². The molecule has 12 heavy (non-hydrogen) atoms. The average Bonchev–Trinajstić information content (AvgIpc) is 2.41. The van der Waals surface area contributed by atoms with Gasteiger partial charge in [0.2, 0.25) is 0 Å². The Morgan fingerprint density at radius 2 is 2.33 bits per heavy atom. The molecule has 0 aliphatic carbocycles. The van der Waals surface area contributed by atoms with Gasteiger partial charge in [-0.2, -0.15) is 0 Å². The van der Waals surface area contributed by atoms with E-state index in [9.17, 15) is 4.39 Å². The number of hydrogen-bond donors (Lipinski definition) is 1. The average molecular weight is 250 g/mol. The van der Waals surface area contributed by atoms with Crippen LogP contribution in [0.15, 0.2) is 16.9 Å². The molecule has 62 valence electrons. The molecule has 0 saturated carbocycles. The smallest absolute Gasteiger partial charge is 0.246 e. The lowest BCUT2D eigenvalue weighted by molar-refractivity contribution is -0.350. The molecular weight excluding hydrogens is 246 g/mol. The van der Waals surface area contributed by atoms with E-state index in [-0.39, 0.29) is 5.02 Å². The normalized spacial score (nSPS) is 10.9. The first-order chi connectivity index (χ1) is 5.70. The molecule has 0 amide bonds. The van der Waals surface area contributed by atoms with Crippen molar-refractivity contribution >= 4 is 38.6 Å². The summed E-state index contributed by atoms with van der Waals surface area (Å²) >= 11 is 8.98. The topological polar surface area (TPSA) is 29.9 Å². The van der Waals surface area contributed by atoms with Gasteiger partial charge in [-0.15, -0.1) is 0 Å². The quantitative estimate of drug-likeness (QED) is 0.745. The number of nitrogens with one attached hydrogen (secondary N) is 2. The third-order valence-corrected chi connectivity index (χ3v) is 2.60. The number of rotatable bonds is 0. The van der Waals surface area contributed by atoms with Gasteiger partial charge in [0.15, 0.2) is 5.82 Å². The first-order valence-electron chi connectivity index (χ1n) is 3.22. The van der Waals surface area contributed by atoms with Gasteiger partial charge in [0.25, 0.3) is 5.65 Å². The lowest BCUT2D eigenvalue weighted by Crippen LogP contribution is -2.04. The number of aromatic nitrogens is 2. The number of halogens is 3. The minimum Gasteiger partial charge on any atom is -0.246 e. The Bertz CT molecular complexity index is 440. The molecule has 2 aromatic heterocycles. The molecule has 0 saturated heterocycles. The third kappa shape index (κ3) is 1.03. The lowest BCUT2D eigenvalue weighted by Gasteiger charge is -1.91. The highest BCUT2D eigenvalue weighted by atomic mass is 79.9. The summed E-state index contributed by atoms with van der Waals surface area (Å²) in [6.45, 7) is 0. The van der Waals surface area contributed by atoms with E-state index < -0.39 is 5.82 Å². The highest BCUT2D eigenvalue weighted by Gasteiger charge is 2.14. The number of hydrogen-bond acceptors (Lipinski definition) is 0. The Kier molecular flexibility index (Phi) is 1.81. The zero-order chi connectivity index (χ0) is 8.72. The number of fused-ring (bicyclic) bond motifs is 1. The first kappa shape index (κ1) is 8.01. The molecule has 0 fully saturated rings. The van der Waals surface area contributed by atoms with Crippen molar-refractivity contribution in [2.75, 3.05) is 0 Å². The largest absolute Gasteiger partial charge is 0.287 e. The second kappa shape index (κ2) is 2.71. The fourth-order valence-corrected chi connectivity index (χ4v) is 1.92. The van der Waals surface area contributed by atoms with Gasteiger partial charge in [-0.25, -0.2) is 14.4 Å². The SMILES string of the molecule is Fc1c[nH+]c2[nH]cc(Br)c2c1Cl. The third-order valence-electron chi connectivity index (χ3n) is 1.60. The summed E-state index contributed by atoms with van der Waals surface area (Å²) in [5.74, 6) is -0.454. The van der Waals surface area contributed by atoms with Gasteiger partial charge in [0.05, 0.1) is 9.50 Å². The maximum absolute atomic E-state index is 12.9. The number of pyridine rings is 1. The molecule has 0 spiro atoms. The van der Waals surface area contributed by atoms with Crippen molar-refractivity contribution in [2.45, 2.75) is 0 Å². The molecule has 2 aromatic rings. The van der Waals surface area contributed by atoms with Crippen molar-refractivity contribution in [3.8, 4) is 0 Å². The van der Waals surface area contributed by atoms with Gasteiger partial charge in [0.1, 0.15) is 17.8 Å². The van der Waals surface area contributed by atoms with E-state index in [0.717, 1.165) is 4.47 Å². The monoisotopic (exact) mass is 249 g/mol. The predicted octanol–water partition coefficient (Wildman–Crippen LogP) is 2.54. The summed E-state index contributed by atoms with van der Waals surface area (Å²) in [5, 5.41) is 0.758. The zero-order valence-corrected chi connectivity index (χ0v) is 8.13. The summed E-state index contributed by atoms with van der Waals surface area (Å²) in [6, 6.07) is 0. The Morgan fingerprint density at radius 3 is 3.08 bits per heavy atom. The molecule has 0 atom stereocenters. The van der Waals surface area contributed by atoms with E-state index >= 15 is 0 Å². The van der Waals surface area contributed by atoms with Crippen LogP contribution in [0.25, 0.3) is 11.0 Å². The summed E-state index contributed by atoms with van der Waals surface area (Å²) in [6.07, 6.45) is 2.92. The second-order valence-corrected chi connectivity index (χ2v) is 3.57. The standard InChI is InChI=1S/C7H3BrClFN2/c8-3-1-11-7-5(3)6(9)4(10)2-12-7/h1-2H,(H,11,12)/p+1. The molecule has 2 rings (SSSR count). The van der Waals surface area contributed by atoms with Gasteiger partial charge in [0, 0.05) is 0 Å². The van der Waals surface area contributed by atoms with E-state index in [2.05, 4.69) is 25.9 Å². The zero-order valence-electron chi connectivity index (χ0n) is 5.79. The lowest BCUT2D eigenvalue weighted by atomic mass is 10.3. The Morgan fingerprint density at radius 1 is 1.58 bits per heavy atom. The van der Waals surface area contributed by atoms with Gasteiger partial charge < -0.3 is 0 Å². The van der Waals surface area contributed by atoms with Crippen LogP contribution >= 0.6 is 27.5 Å². The second-order valence-electron chi connectivity index (χ2n) is 2.34. The molecule has 0 aliphatic rings. The van der Waals surface area contributed by atoms with Crippen LogP contribution in [0.3, 0.4) is 0 Å². The van der Waals surface area contributed by atoms with Crippen LogP contribution in [0.2, 0.25) is 5.02 Å². The van der Waals surface area contributed by atoms with E-state index in [1.807, 2.05) is 0 Å².